The summed E-state index contributed by atoms with van der Waals surface area (Å²) in [5, 5.41) is 10.5. The Balaban J connectivity index is 1.71. The molecule has 3 rings (SSSR count). The molecule has 154 valence electrons. The van der Waals surface area contributed by atoms with Gasteiger partial charge >= 0.3 is 11.7 Å². The van der Waals surface area contributed by atoms with Gasteiger partial charge in [0.2, 0.25) is 0 Å². The van der Waals surface area contributed by atoms with E-state index in [0.29, 0.717) is 24.5 Å². The third-order valence-electron chi connectivity index (χ3n) is 4.55. The van der Waals surface area contributed by atoms with Gasteiger partial charge in [-0.05, 0) is 43.7 Å². The number of carbonyl (C=O) groups is 1. The fourth-order valence-electron chi connectivity index (χ4n) is 3.27. The van der Waals surface area contributed by atoms with E-state index in [4.69, 9.17) is 9.47 Å². The molecule has 0 fully saturated rings. The van der Waals surface area contributed by atoms with Crippen molar-refractivity contribution in [3.05, 3.63) is 64.6 Å². The number of aliphatic hydroxyl groups excluding tert-OH is 1. The predicted octanol–water partition coefficient (Wildman–Crippen LogP) is 2.83. The van der Waals surface area contributed by atoms with Crippen molar-refractivity contribution >= 4 is 17.0 Å². The molecule has 0 bridgehead atoms. The average molecular weight is 398 g/mol. The average Bonchev–Trinajstić information content (AvgIpc) is 2.99. The molecule has 0 radical (unpaired) electrons. The van der Waals surface area contributed by atoms with E-state index >= 15 is 0 Å². The highest BCUT2D eigenvalue weighted by Gasteiger charge is 2.16. The Morgan fingerprint density at radius 3 is 2.48 bits per heavy atom. The smallest absolute Gasteiger partial charge is 0.338 e. The van der Waals surface area contributed by atoms with Gasteiger partial charge in [-0.2, -0.15) is 0 Å². The molecule has 0 aliphatic rings. The number of hydrogen-bond donors (Lipinski definition) is 1. The first-order valence-electron chi connectivity index (χ1n) is 9.81. The van der Waals surface area contributed by atoms with E-state index in [1.165, 1.54) is 0 Å². The SMILES string of the molecule is CCCn1c(=O)n(CC(O)COc2cccc(C(=O)OCC)c2)c2ccccc21. The highest BCUT2D eigenvalue weighted by Crippen LogP contribution is 2.16. The zero-order chi connectivity index (χ0) is 20.8. The number of aryl methyl sites for hydroxylation is 1. The zero-order valence-electron chi connectivity index (χ0n) is 16.7. The molecule has 1 atom stereocenters. The number of para-hydroxylation sites is 2. The Kier molecular flexibility index (Phi) is 6.72. The first kappa shape index (κ1) is 20.7. The number of imidazole rings is 1. The second kappa shape index (κ2) is 9.43. The number of esters is 1. The van der Waals surface area contributed by atoms with Gasteiger partial charge in [-0.15, -0.1) is 0 Å². The third-order valence-corrected chi connectivity index (χ3v) is 4.55. The van der Waals surface area contributed by atoms with Crippen LogP contribution in [0.4, 0.5) is 0 Å². The first-order valence-corrected chi connectivity index (χ1v) is 9.81. The fraction of sp³-hybridized carbons (Fsp3) is 0.364. The lowest BCUT2D eigenvalue weighted by atomic mass is 10.2. The lowest BCUT2D eigenvalue weighted by Gasteiger charge is -2.13. The lowest BCUT2D eigenvalue weighted by molar-refractivity contribution is 0.0525. The van der Waals surface area contributed by atoms with Crippen LogP contribution in [0.3, 0.4) is 0 Å². The number of aromatic nitrogens is 2. The van der Waals surface area contributed by atoms with Crippen molar-refractivity contribution in [2.24, 2.45) is 0 Å². The molecule has 3 aromatic rings. The lowest BCUT2D eigenvalue weighted by Crippen LogP contribution is -2.31. The van der Waals surface area contributed by atoms with Crippen LogP contribution < -0.4 is 10.4 Å². The normalized spacial score (nSPS) is 12.1. The Morgan fingerprint density at radius 1 is 1.07 bits per heavy atom. The first-order chi connectivity index (χ1) is 14.0. The highest BCUT2D eigenvalue weighted by molar-refractivity contribution is 5.89. The van der Waals surface area contributed by atoms with Crippen molar-refractivity contribution < 1.29 is 19.4 Å². The van der Waals surface area contributed by atoms with Crippen LogP contribution in [0, 0.1) is 0 Å². The standard InChI is InChI=1S/C22H26N2O5/c1-3-12-23-19-10-5-6-11-20(19)24(22(23)27)14-17(25)15-29-18-9-7-8-16(13-18)21(26)28-4-2/h5-11,13,17,25H,3-4,12,14-15H2,1-2H3. The summed E-state index contributed by atoms with van der Waals surface area (Å²) in [6, 6.07) is 14.2. The van der Waals surface area contributed by atoms with E-state index in [1.807, 2.05) is 31.2 Å². The molecule has 2 aromatic carbocycles. The number of aliphatic hydroxyl groups is 1. The fourth-order valence-corrected chi connectivity index (χ4v) is 3.27. The number of carbonyl (C=O) groups excluding carboxylic acids is 1. The summed E-state index contributed by atoms with van der Waals surface area (Å²) >= 11 is 0. The van der Waals surface area contributed by atoms with E-state index in [-0.39, 0.29) is 18.8 Å². The minimum Gasteiger partial charge on any atom is -0.491 e. The third kappa shape index (κ3) is 4.68. The number of benzene rings is 2. The topological polar surface area (TPSA) is 82.7 Å². The summed E-state index contributed by atoms with van der Waals surface area (Å²) in [4.78, 5) is 24.6. The van der Waals surface area contributed by atoms with Crippen molar-refractivity contribution in [2.45, 2.75) is 39.5 Å². The van der Waals surface area contributed by atoms with Gasteiger partial charge in [0.25, 0.3) is 0 Å². The minimum atomic E-state index is -0.889. The molecule has 0 saturated carbocycles. The molecule has 29 heavy (non-hydrogen) atoms. The van der Waals surface area contributed by atoms with E-state index in [9.17, 15) is 14.7 Å². The van der Waals surface area contributed by atoms with Crippen LogP contribution in [0.1, 0.15) is 30.6 Å². The Labute approximate surface area is 169 Å². The van der Waals surface area contributed by atoms with Gasteiger partial charge < -0.3 is 14.6 Å². The molecule has 1 unspecified atom stereocenters. The maximum absolute atomic E-state index is 12.8. The van der Waals surface area contributed by atoms with Gasteiger partial charge in [0.05, 0.1) is 29.7 Å². The van der Waals surface area contributed by atoms with Crippen LogP contribution >= 0.6 is 0 Å². The van der Waals surface area contributed by atoms with Gasteiger partial charge in [0.15, 0.2) is 0 Å². The predicted molar refractivity (Wildman–Crippen MR) is 110 cm³/mol. The number of nitrogens with zero attached hydrogens (tertiary/aromatic N) is 2. The molecule has 0 saturated heterocycles. The summed E-state index contributed by atoms with van der Waals surface area (Å²) < 4.78 is 13.9. The van der Waals surface area contributed by atoms with Crippen molar-refractivity contribution in [1.82, 2.24) is 9.13 Å². The molecule has 7 heteroatoms. The van der Waals surface area contributed by atoms with Gasteiger partial charge in [-0.1, -0.05) is 25.1 Å². The summed E-state index contributed by atoms with van der Waals surface area (Å²) in [5.41, 5.74) is 1.89. The Morgan fingerprint density at radius 2 is 1.79 bits per heavy atom. The van der Waals surface area contributed by atoms with Gasteiger partial charge in [-0.3, -0.25) is 9.13 Å². The highest BCUT2D eigenvalue weighted by atomic mass is 16.5. The number of ether oxygens (including phenoxy) is 2. The van der Waals surface area contributed by atoms with E-state index in [2.05, 4.69) is 0 Å². The van der Waals surface area contributed by atoms with Crippen LogP contribution in [-0.2, 0) is 17.8 Å². The summed E-state index contributed by atoms with van der Waals surface area (Å²) in [5.74, 6) is 0.0316. The van der Waals surface area contributed by atoms with Crippen molar-refractivity contribution in [3.8, 4) is 5.75 Å². The van der Waals surface area contributed by atoms with Gasteiger partial charge in [-0.25, -0.2) is 9.59 Å². The molecule has 0 aliphatic heterocycles. The van der Waals surface area contributed by atoms with Crippen LogP contribution in [0.15, 0.2) is 53.3 Å². The van der Waals surface area contributed by atoms with Crippen LogP contribution in [0.5, 0.6) is 5.75 Å². The Hall–Kier alpha value is -3.06. The Bertz CT molecular complexity index is 1040. The quantitative estimate of drug-likeness (QED) is 0.561. The largest absolute Gasteiger partial charge is 0.491 e. The number of fused-ring (bicyclic) bond motifs is 1. The zero-order valence-corrected chi connectivity index (χ0v) is 16.7. The van der Waals surface area contributed by atoms with E-state index < -0.39 is 12.1 Å². The molecule has 0 amide bonds. The van der Waals surface area contributed by atoms with Gasteiger partial charge in [0, 0.05) is 6.54 Å². The van der Waals surface area contributed by atoms with Crippen LogP contribution in [-0.4, -0.2) is 39.5 Å². The molecule has 0 aliphatic carbocycles. The maximum atomic E-state index is 12.8. The maximum Gasteiger partial charge on any atom is 0.338 e. The molecular formula is C22H26N2O5. The second-order valence-corrected chi connectivity index (χ2v) is 6.75. The summed E-state index contributed by atoms with van der Waals surface area (Å²) in [7, 11) is 0. The summed E-state index contributed by atoms with van der Waals surface area (Å²) in [6.07, 6.45) is -0.0454. The van der Waals surface area contributed by atoms with Crippen molar-refractivity contribution in [2.75, 3.05) is 13.2 Å². The molecular weight excluding hydrogens is 372 g/mol. The minimum absolute atomic E-state index is 0.00793. The van der Waals surface area contributed by atoms with E-state index in [0.717, 1.165) is 17.5 Å². The number of hydrogen-bond acceptors (Lipinski definition) is 5. The number of rotatable bonds is 9. The molecule has 1 heterocycles. The monoisotopic (exact) mass is 398 g/mol. The molecule has 7 nitrogen and oxygen atoms in total. The van der Waals surface area contributed by atoms with E-state index in [1.54, 1.807) is 40.3 Å². The van der Waals surface area contributed by atoms with Gasteiger partial charge in [0.1, 0.15) is 18.5 Å². The van der Waals surface area contributed by atoms with Crippen molar-refractivity contribution in [1.29, 1.82) is 0 Å². The summed E-state index contributed by atoms with van der Waals surface area (Å²) in [6.45, 7) is 4.79. The van der Waals surface area contributed by atoms with Crippen LogP contribution in [0.2, 0.25) is 0 Å². The molecule has 1 N–H and O–H groups in total. The second-order valence-electron chi connectivity index (χ2n) is 6.75. The van der Waals surface area contributed by atoms with Crippen LogP contribution in [0.25, 0.3) is 11.0 Å². The molecule has 0 spiro atoms. The molecule has 1 aromatic heterocycles. The van der Waals surface area contributed by atoms with Crippen molar-refractivity contribution in [3.63, 3.8) is 0 Å².